The second-order valence-corrected chi connectivity index (χ2v) is 10.0. The Kier molecular flexibility index (Phi) is 7.13. The molecule has 1 aliphatic carbocycles. The summed E-state index contributed by atoms with van der Waals surface area (Å²) in [7, 11) is 3.21. The molecule has 2 heterocycles. The van der Waals surface area contributed by atoms with E-state index in [0.29, 0.717) is 36.0 Å². The zero-order chi connectivity index (χ0) is 25.1. The highest BCUT2D eigenvalue weighted by Gasteiger charge is 2.38. The van der Waals surface area contributed by atoms with Gasteiger partial charge in [-0.05, 0) is 72.7 Å². The summed E-state index contributed by atoms with van der Waals surface area (Å²) in [5.74, 6) is 1.81. The molecule has 1 fully saturated rings. The highest BCUT2D eigenvalue weighted by atomic mass is 32.1. The van der Waals surface area contributed by atoms with Gasteiger partial charge in [0.2, 0.25) is 5.91 Å². The normalized spacial score (nSPS) is 16.7. The average Bonchev–Trinajstić information content (AvgIpc) is 3.65. The zero-order valence-corrected chi connectivity index (χ0v) is 21.3. The smallest absolute Gasteiger partial charge is 0.254 e. The maximum Gasteiger partial charge on any atom is 0.254 e. The van der Waals surface area contributed by atoms with Gasteiger partial charge in [0.15, 0.2) is 11.5 Å². The Morgan fingerprint density at radius 2 is 1.75 bits per heavy atom. The van der Waals surface area contributed by atoms with Gasteiger partial charge < -0.3 is 24.0 Å². The van der Waals surface area contributed by atoms with Crippen molar-refractivity contribution in [3.63, 3.8) is 0 Å². The maximum absolute atomic E-state index is 13.7. The van der Waals surface area contributed by atoms with Crippen LogP contribution in [0.5, 0.6) is 17.2 Å². The number of hydrogen-bond acceptors (Lipinski definition) is 6. The number of nitrogens with zero attached hydrogens (tertiary/aromatic N) is 2. The first-order valence-electron chi connectivity index (χ1n) is 12.2. The maximum atomic E-state index is 13.7. The summed E-state index contributed by atoms with van der Waals surface area (Å²) in [6, 6.07) is 16.5. The lowest BCUT2D eigenvalue weighted by Crippen LogP contribution is -2.48. The number of methoxy groups -OCH3 is 2. The summed E-state index contributed by atoms with van der Waals surface area (Å²) in [5.41, 5.74) is 1.68. The van der Waals surface area contributed by atoms with E-state index < -0.39 is 0 Å². The van der Waals surface area contributed by atoms with E-state index in [4.69, 9.17) is 14.2 Å². The molecule has 0 bridgehead atoms. The monoisotopic (exact) mass is 506 g/mol. The molecule has 1 aliphatic heterocycles. The first-order chi connectivity index (χ1) is 17.6. The van der Waals surface area contributed by atoms with Crippen molar-refractivity contribution in [3.8, 4) is 17.2 Å². The third kappa shape index (κ3) is 5.04. The van der Waals surface area contributed by atoms with Crippen molar-refractivity contribution in [1.82, 2.24) is 9.80 Å². The molecule has 0 N–H and O–H groups in total. The lowest BCUT2D eigenvalue weighted by molar-refractivity contribution is -0.135. The molecule has 7 nitrogen and oxygen atoms in total. The molecule has 0 saturated heterocycles. The average molecular weight is 507 g/mol. The summed E-state index contributed by atoms with van der Waals surface area (Å²) in [6.07, 6.45) is 2.65. The molecule has 0 unspecified atom stereocenters. The first kappa shape index (κ1) is 24.2. The molecule has 3 aromatic rings. The Bertz CT molecular complexity index is 1220. The van der Waals surface area contributed by atoms with Crippen molar-refractivity contribution in [2.45, 2.75) is 31.3 Å². The van der Waals surface area contributed by atoms with Crippen LogP contribution >= 0.6 is 11.3 Å². The molecule has 2 aromatic carbocycles. The van der Waals surface area contributed by atoms with Gasteiger partial charge in [0.25, 0.3) is 5.91 Å². The second-order valence-electron chi connectivity index (χ2n) is 9.01. The minimum absolute atomic E-state index is 0.0557. The third-order valence-electron chi connectivity index (χ3n) is 6.77. The number of amides is 2. The van der Waals surface area contributed by atoms with Crippen LogP contribution in [-0.4, -0.2) is 61.6 Å². The van der Waals surface area contributed by atoms with E-state index in [1.54, 1.807) is 54.7 Å². The summed E-state index contributed by atoms with van der Waals surface area (Å²) < 4.78 is 16.8. The van der Waals surface area contributed by atoms with Gasteiger partial charge in [0.1, 0.15) is 18.9 Å². The Morgan fingerprint density at radius 1 is 1.00 bits per heavy atom. The number of hydrogen-bond donors (Lipinski definition) is 0. The van der Waals surface area contributed by atoms with Gasteiger partial charge in [0, 0.05) is 23.0 Å². The van der Waals surface area contributed by atoms with Crippen molar-refractivity contribution in [2.75, 3.05) is 33.9 Å². The van der Waals surface area contributed by atoms with Crippen LogP contribution in [-0.2, 0) is 11.2 Å². The second kappa shape index (κ2) is 10.6. The predicted molar refractivity (Wildman–Crippen MR) is 138 cm³/mol. The summed E-state index contributed by atoms with van der Waals surface area (Å²) >= 11 is 1.71. The summed E-state index contributed by atoms with van der Waals surface area (Å²) in [4.78, 5) is 31.9. The lowest BCUT2D eigenvalue weighted by Gasteiger charge is -2.37. The fourth-order valence-electron chi connectivity index (χ4n) is 4.67. The first-order valence-corrected chi connectivity index (χ1v) is 13.0. The van der Waals surface area contributed by atoms with Gasteiger partial charge in [-0.3, -0.25) is 9.59 Å². The Morgan fingerprint density at radius 3 is 2.44 bits per heavy atom. The quantitative estimate of drug-likeness (QED) is 0.425. The van der Waals surface area contributed by atoms with E-state index in [2.05, 4.69) is 11.4 Å². The molecule has 0 spiro atoms. The van der Waals surface area contributed by atoms with Gasteiger partial charge in [-0.15, -0.1) is 11.3 Å². The van der Waals surface area contributed by atoms with Gasteiger partial charge in [-0.25, -0.2) is 0 Å². The van der Waals surface area contributed by atoms with E-state index in [1.807, 2.05) is 29.2 Å². The SMILES string of the molecule is COc1ccc(C(=O)N(CC(=O)N2CCc3sccc3[C@@H]2COc2ccccc2OC)C2CC2)cc1. The topological polar surface area (TPSA) is 68.3 Å². The van der Waals surface area contributed by atoms with Gasteiger partial charge in [-0.2, -0.15) is 0 Å². The van der Waals surface area contributed by atoms with Crippen LogP contribution in [0.2, 0.25) is 0 Å². The zero-order valence-electron chi connectivity index (χ0n) is 20.5. The van der Waals surface area contributed by atoms with Crippen molar-refractivity contribution in [2.24, 2.45) is 0 Å². The number of benzene rings is 2. The molecule has 188 valence electrons. The van der Waals surface area contributed by atoms with Crippen LogP contribution < -0.4 is 14.2 Å². The molecular weight excluding hydrogens is 476 g/mol. The van der Waals surface area contributed by atoms with Crippen molar-refractivity contribution >= 4 is 23.2 Å². The Hall–Kier alpha value is -3.52. The summed E-state index contributed by atoms with van der Waals surface area (Å²) in [6.45, 7) is 0.966. The van der Waals surface area contributed by atoms with Gasteiger partial charge in [-0.1, -0.05) is 12.1 Å². The fraction of sp³-hybridized carbons (Fsp3) is 0.357. The molecule has 2 amide bonds. The van der Waals surface area contributed by atoms with Crippen molar-refractivity contribution in [3.05, 3.63) is 76.0 Å². The van der Waals surface area contributed by atoms with Crippen LogP contribution in [0.15, 0.2) is 60.0 Å². The highest BCUT2D eigenvalue weighted by Crippen LogP contribution is 2.36. The Balaban J connectivity index is 1.34. The molecule has 36 heavy (non-hydrogen) atoms. The summed E-state index contributed by atoms with van der Waals surface area (Å²) in [5, 5.41) is 2.07. The molecule has 8 heteroatoms. The van der Waals surface area contributed by atoms with E-state index in [9.17, 15) is 9.59 Å². The molecule has 1 aromatic heterocycles. The van der Waals surface area contributed by atoms with Crippen LogP contribution in [0, 0.1) is 0 Å². The standard InChI is InChI=1S/C28H30N2O5S/c1-33-21-11-7-19(8-12-21)28(32)30(20-9-10-20)17-27(31)29-15-13-26-22(14-16-36-26)23(29)18-35-25-6-4-3-5-24(25)34-2/h3-8,11-12,14,16,20,23H,9-10,13,15,17-18H2,1-2H3/t23-/m0/s1. The van der Waals surface area contributed by atoms with E-state index >= 15 is 0 Å². The number of rotatable bonds is 9. The minimum atomic E-state index is -0.227. The third-order valence-corrected chi connectivity index (χ3v) is 7.77. The van der Waals surface area contributed by atoms with Crippen LogP contribution in [0.1, 0.15) is 39.7 Å². The largest absolute Gasteiger partial charge is 0.497 e. The number of ether oxygens (including phenoxy) is 3. The number of carbonyl (C=O) groups excluding carboxylic acids is 2. The number of para-hydroxylation sites is 2. The molecule has 5 rings (SSSR count). The van der Waals surface area contributed by atoms with E-state index in [1.165, 1.54) is 4.88 Å². The van der Waals surface area contributed by atoms with E-state index in [0.717, 1.165) is 24.8 Å². The van der Waals surface area contributed by atoms with Crippen LogP contribution in [0.25, 0.3) is 0 Å². The molecule has 0 radical (unpaired) electrons. The van der Waals surface area contributed by atoms with Gasteiger partial charge in [0.05, 0.1) is 20.3 Å². The van der Waals surface area contributed by atoms with Crippen molar-refractivity contribution < 1.29 is 23.8 Å². The van der Waals surface area contributed by atoms with Crippen LogP contribution in [0.3, 0.4) is 0 Å². The molecule has 2 aliphatic rings. The van der Waals surface area contributed by atoms with Gasteiger partial charge >= 0.3 is 0 Å². The predicted octanol–water partition coefficient (Wildman–Crippen LogP) is 4.57. The fourth-order valence-corrected chi connectivity index (χ4v) is 5.60. The number of thiophene rings is 1. The number of carbonyl (C=O) groups is 2. The Labute approximate surface area is 215 Å². The van der Waals surface area contributed by atoms with Crippen LogP contribution in [0.4, 0.5) is 0 Å². The van der Waals surface area contributed by atoms with E-state index in [-0.39, 0.29) is 30.4 Å². The molecule has 1 saturated carbocycles. The van der Waals surface area contributed by atoms with Crippen molar-refractivity contribution in [1.29, 1.82) is 0 Å². The highest BCUT2D eigenvalue weighted by molar-refractivity contribution is 7.10. The lowest BCUT2D eigenvalue weighted by atomic mass is 10.0. The minimum Gasteiger partial charge on any atom is -0.497 e. The number of fused-ring (bicyclic) bond motifs is 1. The molecule has 1 atom stereocenters. The molecular formula is C28H30N2O5S.